The number of aromatic nitrogens is 2. The van der Waals surface area contributed by atoms with Crippen LogP contribution in [0.2, 0.25) is 10.0 Å². The van der Waals surface area contributed by atoms with Crippen LogP contribution in [0.1, 0.15) is 26.4 Å². The highest BCUT2D eigenvalue weighted by molar-refractivity contribution is 6.42. The highest BCUT2D eigenvalue weighted by Crippen LogP contribution is 2.35. The molecule has 9 heteroatoms. The lowest BCUT2D eigenvalue weighted by Crippen LogP contribution is -2.15. The lowest BCUT2D eigenvalue weighted by Gasteiger charge is -2.11. The van der Waals surface area contributed by atoms with Gasteiger partial charge in [0.2, 0.25) is 0 Å². The van der Waals surface area contributed by atoms with Gasteiger partial charge in [-0.05, 0) is 42.0 Å². The Kier molecular flexibility index (Phi) is 7.39. The molecule has 1 aromatic heterocycles. The van der Waals surface area contributed by atoms with Gasteiger partial charge in [0, 0.05) is 5.56 Å². The molecule has 0 aliphatic heterocycles. The number of esters is 2. The Bertz CT molecular complexity index is 1390. The standard InChI is InChI=1S/C26H20Cl2N2O5/c1-33-25(31)22-23(29-30(24(22)26(32)34-2)17-8-4-3-5-9-17)18-10-6-7-11-21(18)35-15-16-12-13-19(27)20(28)14-16/h3-14H,15H2,1-2H3. The van der Waals surface area contributed by atoms with E-state index in [0.29, 0.717) is 27.0 Å². The van der Waals surface area contributed by atoms with Crippen molar-refractivity contribution < 1.29 is 23.8 Å². The van der Waals surface area contributed by atoms with Crippen molar-refractivity contribution in [3.05, 3.63) is 99.7 Å². The first kappa shape index (κ1) is 24.3. The molecule has 0 unspecified atom stereocenters. The number of hydrogen-bond acceptors (Lipinski definition) is 6. The Morgan fingerprint density at radius 2 is 1.54 bits per heavy atom. The van der Waals surface area contributed by atoms with Gasteiger partial charge in [-0.2, -0.15) is 5.10 Å². The number of ether oxygens (including phenoxy) is 3. The van der Waals surface area contributed by atoms with Gasteiger partial charge >= 0.3 is 11.9 Å². The molecule has 7 nitrogen and oxygen atoms in total. The van der Waals surface area contributed by atoms with E-state index in [-0.39, 0.29) is 23.6 Å². The summed E-state index contributed by atoms with van der Waals surface area (Å²) in [5.74, 6) is -1.03. The third-order valence-corrected chi connectivity index (χ3v) is 5.91. The molecule has 0 amide bonds. The van der Waals surface area contributed by atoms with Gasteiger partial charge in [-0.25, -0.2) is 14.3 Å². The van der Waals surface area contributed by atoms with E-state index in [1.165, 1.54) is 18.9 Å². The monoisotopic (exact) mass is 510 g/mol. The number of rotatable bonds is 7. The van der Waals surface area contributed by atoms with Crippen LogP contribution < -0.4 is 4.74 Å². The summed E-state index contributed by atoms with van der Waals surface area (Å²) >= 11 is 12.1. The van der Waals surface area contributed by atoms with Gasteiger partial charge in [0.05, 0.1) is 30.0 Å². The molecular formula is C26H20Cl2N2O5. The van der Waals surface area contributed by atoms with Crippen molar-refractivity contribution >= 4 is 35.1 Å². The summed E-state index contributed by atoms with van der Waals surface area (Å²) in [6, 6.07) is 21.2. The number of carbonyl (C=O) groups excluding carboxylic acids is 2. The van der Waals surface area contributed by atoms with E-state index in [1.807, 2.05) is 6.07 Å². The molecule has 3 aromatic carbocycles. The smallest absolute Gasteiger partial charge is 0.357 e. The molecule has 0 radical (unpaired) electrons. The zero-order valence-corrected chi connectivity index (χ0v) is 20.3. The number of methoxy groups -OCH3 is 2. The summed E-state index contributed by atoms with van der Waals surface area (Å²) in [6.07, 6.45) is 0. The molecule has 0 saturated carbocycles. The van der Waals surface area contributed by atoms with Crippen LogP contribution in [-0.2, 0) is 16.1 Å². The van der Waals surface area contributed by atoms with E-state index >= 15 is 0 Å². The average Bonchev–Trinajstić information content (AvgIpc) is 3.29. The second-order valence-electron chi connectivity index (χ2n) is 7.34. The lowest BCUT2D eigenvalue weighted by molar-refractivity contribution is 0.0549. The highest BCUT2D eigenvalue weighted by Gasteiger charge is 2.32. The van der Waals surface area contributed by atoms with E-state index < -0.39 is 11.9 Å². The first-order valence-electron chi connectivity index (χ1n) is 10.5. The molecule has 178 valence electrons. The largest absolute Gasteiger partial charge is 0.488 e. The van der Waals surface area contributed by atoms with E-state index in [9.17, 15) is 9.59 Å². The van der Waals surface area contributed by atoms with Crippen molar-refractivity contribution in [2.45, 2.75) is 6.61 Å². The predicted octanol–water partition coefficient (Wildman–Crippen LogP) is 6.00. The third-order valence-electron chi connectivity index (χ3n) is 5.17. The molecule has 0 spiro atoms. The number of carbonyl (C=O) groups is 2. The molecule has 0 atom stereocenters. The molecule has 1 heterocycles. The average molecular weight is 511 g/mol. The van der Waals surface area contributed by atoms with Crippen LogP contribution in [0.5, 0.6) is 5.75 Å². The number of benzene rings is 3. The minimum absolute atomic E-state index is 0.0335. The van der Waals surface area contributed by atoms with Crippen LogP contribution in [-0.4, -0.2) is 35.9 Å². The van der Waals surface area contributed by atoms with Gasteiger partial charge in [-0.3, -0.25) is 0 Å². The number of hydrogen-bond donors (Lipinski definition) is 0. The molecule has 4 rings (SSSR count). The van der Waals surface area contributed by atoms with E-state index in [1.54, 1.807) is 66.7 Å². The zero-order valence-electron chi connectivity index (χ0n) is 18.8. The van der Waals surface area contributed by atoms with Crippen molar-refractivity contribution in [2.24, 2.45) is 0 Å². The maximum absolute atomic E-state index is 12.9. The minimum Gasteiger partial charge on any atom is -0.488 e. The van der Waals surface area contributed by atoms with Gasteiger partial charge in [0.25, 0.3) is 0 Å². The van der Waals surface area contributed by atoms with Crippen LogP contribution in [0.25, 0.3) is 16.9 Å². The fourth-order valence-electron chi connectivity index (χ4n) is 3.52. The maximum atomic E-state index is 12.9. The molecule has 0 saturated heterocycles. The van der Waals surface area contributed by atoms with Gasteiger partial charge in [0.15, 0.2) is 5.69 Å². The summed E-state index contributed by atoms with van der Waals surface area (Å²) in [5, 5.41) is 5.49. The Morgan fingerprint density at radius 3 is 2.23 bits per heavy atom. The molecule has 0 fully saturated rings. The second kappa shape index (κ2) is 10.6. The third kappa shape index (κ3) is 5.01. The molecule has 0 bridgehead atoms. The van der Waals surface area contributed by atoms with Crippen molar-refractivity contribution in [3.8, 4) is 22.7 Å². The SMILES string of the molecule is COC(=O)c1c(-c2ccccc2OCc2ccc(Cl)c(Cl)c2)nn(-c2ccccc2)c1C(=O)OC. The van der Waals surface area contributed by atoms with E-state index in [4.69, 9.17) is 37.4 Å². The molecule has 35 heavy (non-hydrogen) atoms. The van der Waals surface area contributed by atoms with Crippen LogP contribution in [0.4, 0.5) is 0 Å². The molecular weight excluding hydrogens is 491 g/mol. The zero-order chi connectivity index (χ0) is 24.9. The van der Waals surface area contributed by atoms with Crippen molar-refractivity contribution in [1.29, 1.82) is 0 Å². The van der Waals surface area contributed by atoms with Crippen LogP contribution >= 0.6 is 23.2 Å². The quantitative estimate of drug-likeness (QED) is 0.283. The van der Waals surface area contributed by atoms with Crippen molar-refractivity contribution in [1.82, 2.24) is 9.78 Å². The van der Waals surface area contributed by atoms with Gasteiger partial charge in [-0.1, -0.05) is 59.6 Å². The van der Waals surface area contributed by atoms with Crippen LogP contribution in [0.3, 0.4) is 0 Å². The highest BCUT2D eigenvalue weighted by atomic mass is 35.5. The maximum Gasteiger partial charge on any atom is 0.357 e. The first-order valence-corrected chi connectivity index (χ1v) is 11.2. The van der Waals surface area contributed by atoms with Gasteiger partial charge in [0.1, 0.15) is 23.6 Å². The fourth-order valence-corrected chi connectivity index (χ4v) is 3.84. The summed E-state index contributed by atoms with van der Waals surface area (Å²) in [6.45, 7) is 0.185. The Morgan fingerprint density at radius 1 is 0.857 bits per heavy atom. The number of nitrogens with zero attached hydrogens (tertiary/aromatic N) is 2. The summed E-state index contributed by atoms with van der Waals surface area (Å²) in [5.41, 5.74) is 1.98. The van der Waals surface area contributed by atoms with Gasteiger partial charge in [-0.15, -0.1) is 0 Å². The topological polar surface area (TPSA) is 79.7 Å². The molecule has 0 aliphatic rings. The van der Waals surface area contributed by atoms with Crippen LogP contribution in [0.15, 0.2) is 72.8 Å². The minimum atomic E-state index is -0.734. The van der Waals surface area contributed by atoms with E-state index in [0.717, 1.165) is 5.56 Å². The van der Waals surface area contributed by atoms with E-state index in [2.05, 4.69) is 5.10 Å². The normalized spacial score (nSPS) is 10.6. The Balaban J connectivity index is 1.85. The molecule has 0 aliphatic carbocycles. The lowest BCUT2D eigenvalue weighted by atomic mass is 10.0. The first-order chi connectivity index (χ1) is 16.9. The fraction of sp³-hybridized carbons (Fsp3) is 0.115. The number of para-hydroxylation sites is 2. The Labute approximate surface area is 211 Å². The Hall–Kier alpha value is -3.81. The summed E-state index contributed by atoms with van der Waals surface area (Å²) in [4.78, 5) is 25.7. The summed E-state index contributed by atoms with van der Waals surface area (Å²) in [7, 11) is 2.47. The summed E-state index contributed by atoms with van der Waals surface area (Å²) < 4.78 is 17.4. The van der Waals surface area contributed by atoms with Gasteiger partial charge < -0.3 is 14.2 Å². The number of halogens is 2. The van der Waals surface area contributed by atoms with Crippen molar-refractivity contribution in [2.75, 3.05) is 14.2 Å². The predicted molar refractivity (Wildman–Crippen MR) is 132 cm³/mol. The molecule has 4 aromatic rings. The second-order valence-corrected chi connectivity index (χ2v) is 8.15. The van der Waals surface area contributed by atoms with Crippen LogP contribution in [0, 0.1) is 0 Å². The van der Waals surface area contributed by atoms with Crippen molar-refractivity contribution in [3.63, 3.8) is 0 Å². The molecule has 0 N–H and O–H groups in total.